The first kappa shape index (κ1) is 26.0. The Balaban J connectivity index is 2.16. The van der Waals surface area contributed by atoms with Gasteiger partial charge in [-0.2, -0.15) is 13.2 Å². The van der Waals surface area contributed by atoms with Crippen LogP contribution in [-0.4, -0.2) is 39.3 Å². The van der Waals surface area contributed by atoms with Crippen molar-refractivity contribution in [1.82, 2.24) is 4.98 Å². The molecule has 184 valence electrons. The molecule has 1 atom stereocenters. The highest BCUT2D eigenvalue weighted by atomic mass is 32.2. The summed E-state index contributed by atoms with van der Waals surface area (Å²) in [5.41, 5.74) is 0.393. The Hall–Kier alpha value is -3.66. The number of carbonyl (C=O) groups is 1. The highest BCUT2D eigenvalue weighted by Crippen LogP contribution is 2.35. The SMILES string of the molecule is COC(=O)/C=C/c1cc(OC)ccc1C(CS(=O)(=O)c1ccccn1)c1ccc(C(F)(F)F)cc1. The molecule has 0 radical (unpaired) electrons. The van der Waals surface area contributed by atoms with Crippen molar-refractivity contribution in [3.8, 4) is 5.75 Å². The summed E-state index contributed by atoms with van der Waals surface area (Å²) in [6.45, 7) is 0. The number of esters is 1. The predicted octanol–water partition coefficient (Wildman–Crippen LogP) is 4.90. The lowest BCUT2D eigenvalue weighted by molar-refractivity contribution is -0.137. The summed E-state index contributed by atoms with van der Waals surface area (Å²) in [4.78, 5) is 15.6. The van der Waals surface area contributed by atoms with Crippen molar-refractivity contribution in [3.05, 3.63) is 95.2 Å². The van der Waals surface area contributed by atoms with E-state index in [2.05, 4.69) is 9.72 Å². The highest BCUT2D eigenvalue weighted by Gasteiger charge is 2.31. The first-order valence-corrected chi connectivity index (χ1v) is 12.0. The second kappa shape index (κ2) is 10.7. The number of aromatic nitrogens is 1. The molecule has 2 aromatic carbocycles. The smallest absolute Gasteiger partial charge is 0.416 e. The molecule has 6 nitrogen and oxygen atoms in total. The Bertz CT molecular complexity index is 1310. The Morgan fingerprint density at radius 1 is 1.06 bits per heavy atom. The van der Waals surface area contributed by atoms with Gasteiger partial charge in [0.25, 0.3) is 0 Å². The summed E-state index contributed by atoms with van der Waals surface area (Å²) in [5.74, 6) is -1.55. The Morgan fingerprint density at radius 3 is 2.34 bits per heavy atom. The van der Waals surface area contributed by atoms with Crippen molar-refractivity contribution in [2.75, 3.05) is 20.0 Å². The molecule has 35 heavy (non-hydrogen) atoms. The number of benzene rings is 2. The van der Waals surface area contributed by atoms with Crippen LogP contribution < -0.4 is 4.74 Å². The van der Waals surface area contributed by atoms with Crippen LogP contribution in [0.3, 0.4) is 0 Å². The number of rotatable bonds is 8. The van der Waals surface area contributed by atoms with Crippen molar-refractivity contribution in [2.45, 2.75) is 17.1 Å². The highest BCUT2D eigenvalue weighted by molar-refractivity contribution is 7.91. The Morgan fingerprint density at radius 2 is 1.77 bits per heavy atom. The molecule has 0 saturated carbocycles. The number of carbonyl (C=O) groups excluding carboxylic acids is 1. The molecule has 0 saturated heterocycles. The Labute approximate surface area is 201 Å². The van der Waals surface area contributed by atoms with E-state index in [1.165, 1.54) is 50.8 Å². The molecule has 0 aliphatic rings. The van der Waals surface area contributed by atoms with E-state index < -0.39 is 39.2 Å². The van der Waals surface area contributed by atoms with E-state index in [4.69, 9.17) is 4.74 Å². The zero-order valence-electron chi connectivity index (χ0n) is 18.8. The van der Waals surface area contributed by atoms with Crippen LogP contribution in [0.2, 0.25) is 0 Å². The maximum absolute atomic E-state index is 13.2. The molecule has 3 aromatic rings. The van der Waals surface area contributed by atoms with Crippen LogP contribution in [0.25, 0.3) is 6.08 Å². The van der Waals surface area contributed by atoms with Crippen LogP contribution in [0.1, 0.15) is 28.2 Å². The number of alkyl halides is 3. The lowest BCUT2D eigenvalue weighted by Crippen LogP contribution is -2.18. The van der Waals surface area contributed by atoms with Crippen LogP contribution in [0.4, 0.5) is 13.2 Å². The van der Waals surface area contributed by atoms with Crippen molar-refractivity contribution < 1.29 is 35.9 Å². The van der Waals surface area contributed by atoms with Crippen molar-refractivity contribution in [3.63, 3.8) is 0 Å². The van der Waals surface area contributed by atoms with Gasteiger partial charge in [-0.05, 0) is 59.2 Å². The van der Waals surface area contributed by atoms with E-state index >= 15 is 0 Å². The fourth-order valence-electron chi connectivity index (χ4n) is 3.47. The Kier molecular flexibility index (Phi) is 7.96. The normalized spacial score (nSPS) is 12.9. The van der Waals surface area contributed by atoms with Gasteiger partial charge in [0.15, 0.2) is 14.9 Å². The summed E-state index contributed by atoms with van der Waals surface area (Å²) in [5, 5.41) is -0.155. The van der Waals surface area contributed by atoms with Crippen molar-refractivity contribution in [1.29, 1.82) is 0 Å². The van der Waals surface area contributed by atoms with E-state index in [1.807, 2.05) is 0 Å². The van der Waals surface area contributed by atoms with Crippen LogP contribution in [0.5, 0.6) is 5.75 Å². The average Bonchev–Trinajstić information content (AvgIpc) is 2.86. The molecular formula is C25H22F3NO5S. The lowest BCUT2D eigenvalue weighted by atomic mass is 9.88. The number of ether oxygens (including phenoxy) is 2. The molecule has 1 heterocycles. The minimum atomic E-state index is -4.54. The van der Waals surface area contributed by atoms with Gasteiger partial charge in [0.1, 0.15) is 5.75 Å². The van der Waals surface area contributed by atoms with Crippen molar-refractivity contribution >= 4 is 21.9 Å². The van der Waals surface area contributed by atoms with E-state index in [1.54, 1.807) is 24.3 Å². The average molecular weight is 506 g/mol. The van der Waals surface area contributed by atoms with Crippen LogP contribution >= 0.6 is 0 Å². The summed E-state index contributed by atoms with van der Waals surface area (Å²) < 4.78 is 75.7. The number of hydrogen-bond acceptors (Lipinski definition) is 6. The topological polar surface area (TPSA) is 82.6 Å². The molecular weight excluding hydrogens is 483 g/mol. The number of methoxy groups -OCH3 is 2. The molecule has 0 spiro atoms. The third kappa shape index (κ3) is 6.48. The number of sulfone groups is 1. The second-order valence-electron chi connectivity index (χ2n) is 7.47. The van der Waals surface area contributed by atoms with Gasteiger partial charge in [-0.15, -0.1) is 0 Å². The monoisotopic (exact) mass is 505 g/mol. The largest absolute Gasteiger partial charge is 0.497 e. The molecule has 0 fully saturated rings. The van der Waals surface area contributed by atoms with Gasteiger partial charge in [0, 0.05) is 18.2 Å². The third-order valence-corrected chi connectivity index (χ3v) is 6.90. The fourth-order valence-corrected chi connectivity index (χ4v) is 4.96. The van der Waals surface area contributed by atoms with Gasteiger partial charge in [-0.3, -0.25) is 0 Å². The predicted molar refractivity (Wildman–Crippen MR) is 124 cm³/mol. The number of halogens is 3. The standard InChI is InChI=1S/C25H22F3NO5S/c1-33-20-11-12-21(18(15-20)8-13-24(30)34-2)22(16-35(31,32)23-5-3-4-14-29-23)17-6-9-19(10-7-17)25(26,27)28/h3-15,22H,16H2,1-2H3/b13-8+. The van der Waals surface area contributed by atoms with Gasteiger partial charge >= 0.3 is 12.1 Å². The zero-order chi connectivity index (χ0) is 25.6. The van der Waals surface area contributed by atoms with Crippen molar-refractivity contribution in [2.24, 2.45) is 0 Å². The molecule has 0 N–H and O–H groups in total. The van der Waals surface area contributed by atoms with E-state index in [9.17, 15) is 26.4 Å². The lowest BCUT2D eigenvalue weighted by Gasteiger charge is -2.21. The van der Waals surface area contributed by atoms with Gasteiger partial charge < -0.3 is 9.47 Å². The van der Waals surface area contributed by atoms with E-state index in [0.717, 1.165) is 18.2 Å². The maximum Gasteiger partial charge on any atom is 0.416 e. The molecule has 1 unspecified atom stereocenters. The molecule has 1 aromatic heterocycles. The second-order valence-corrected chi connectivity index (χ2v) is 9.45. The zero-order valence-corrected chi connectivity index (χ0v) is 19.6. The quantitative estimate of drug-likeness (QED) is 0.320. The van der Waals surface area contributed by atoms with Crippen LogP contribution in [0, 0.1) is 0 Å². The fraction of sp³-hybridized carbons (Fsp3) is 0.200. The molecule has 3 rings (SSSR count). The van der Waals surface area contributed by atoms with Gasteiger partial charge in [-0.1, -0.05) is 24.3 Å². The van der Waals surface area contributed by atoms with Crippen LogP contribution in [-0.2, 0) is 25.5 Å². The number of nitrogens with zero attached hydrogens (tertiary/aromatic N) is 1. The summed E-state index contributed by atoms with van der Waals surface area (Å²) >= 11 is 0. The minimum Gasteiger partial charge on any atom is -0.497 e. The maximum atomic E-state index is 13.2. The molecule has 0 amide bonds. The number of pyridine rings is 1. The van der Waals surface area contributed by atoms with Gasteiger partial charge in [0.2, 0.25) is 0 Å². The summed E-state index contributed by atoms with van der Waals surface area (Å²) in [6, 6.07) is 13.6. The number of hydrogen-bond donors (Lipinski definition) is 0. The van der Waals surface area contributed by atoms with Crippen LogP contribution in [0.15, 0.2) is 78.0 Å². The summed E-state index contributed by atoms with van der Waals surface area (Å²) in [6.07, 6.45) is -0.593. The third-order valence-electron chi connectivity index (χ3n) is 5.25. The summed E-state index contributed by atoms with van der Waals surface area (Å²) in [7, 11) is -1.28. The molecule has 0 aliphatic heterocycles. The van der Waals surface area contributed by atoms with E-state index in [-0.39, 0.29) is 5.03 Å². The molecule has 0 bridgehead atoms. The first-order chi connectivity index (χ1) is 16.5. The molecule has 10 heteroatoms. The van der Waals surface area contributed by atoms with Gasteiger partial charge in [-0.25, -0.2) is 18.2 Å². The minimum absolute atomic E-state index is 0.155. The molecule has 0 aliphatic carbocycles. The van der Waals surface area contributed by atoms with E-state index in [0.29, 0.717) is 22.4 Å². The first-order valence-electron chi connectivity index (χ1n) is 10.3. The van der Waals surface area contributed by atoms with Gasteiger partial charge in [0.05, 0.1) is 25.5 Å².